The molecular formula is C17H19Cl2N. The van der Waals surface area contributed by atoms with Crippen molar-refractivity contribution in [3.05, 3.63) is 68.7 Å². The van der Waals surface area contributed by atoms with Gasteiger partial charge in [0.2, 0.25) is 0 Å². The Bertz CT molecular complexity index is 608. The summed E-state index contributed by atoms with van der Waals surface area (Å²) in [4.78, 5) is 0. The van der Waals surface area contributed by atoms with Crippen molar-refractivity contribution in [1.82, 2.24) is 5.32 Å². The van der Waals surface area contributed by atoms with Crippen molar-refractivity contribution in [2.24, 2.45) is 0 Å². The van der Waals surface area contributed by atoms with Crippen LogP contribution in [-0.4, -0.2) is 7.05 Å². The van der Waals surface area contributed by atoms with E-state index in [9.17, 15) is 0 Å². The first-order valence-corrected chi connectivity index (χ1v) is 7.46. The maximum atomic E-state index is 6.28. The molecule has 1 nitrogen and oxygen atoms in total. The second-order valence-corrected chi connectivity index (χ2v) is 5.89. The van der Waals surface area contributed by atoms with Crippen LogP contribution in [-0.2, 0) is 6.42 Å². The Morgan fingerprint density at radius 3 is 2.45 bits per heavy atom. The van der Waals surface area contributed by atoms with Crippen LogP contribution in [0.1, 0.15) is 28.3 Å². The Morgan fingerprint density at radius 1 is 1.05 bits per heavy atom. The third-order valence-electron chi connectivity index (χ3n) is 3.74. The van der Waals surface area contributed by atoms with Crippen molar-refractivity contribution < 1.29 is 0 Å². The van der Waals surface area contributed by atoms with E-state index in [2.05, 4.69) is 37.4 Å². The summed E-state index contributed by atoms with van der Waals surface area (Å²) in [6.45, 7) is 4.26. The van der Waals surface area contributed by atoms with E-state index in [-0.39, 0.29) is 6.04 Å². The molecule has 0 spiro atoms. The molecule has 1 atom stereocenters. The number of likely N-dealkylation sites (N-methyl/N-ethyl adjacent to an activating group) is 1. The van der Waals surface area contributed by atoms with Crippen LogP contribution in [0.5, 0.6) is 0 Å². The van der Waals surface area contributed by atoms with Crippen LogP contribution in [0.2, 0.25) is 10.0 Å². The molecule has 0 aliphatic heterocycles. The Labute approximate surface area is 130 Å². The topological polar surface area (TPSA) is 12.0 Å². The quantitative estimate of drug-likeness (QED) is 0.827. The molecule has 0 aliphatic carbocycles. The van der Waals surface area contributed by atoms with Gasteiger partial charge in [-0.05, 0) is 55.6 Å². The fourth-order valence-electron chi connectivity index (χ4n) is 2.29. The smallest absolute Gasteiger partial charge is 0.0624 e. The number of benzene rings is 2. The van der Waals surface area contributed by atoms with E-state index in [1.54, 1.807) is 0 Å². The van der Waals surface area contributed by atoms with Gasteiger partial charge in [0.25, 0.3) is 0 Å². The van der Waals surface area contributed by atoms with Crippen LogP contribution in [0.3, 0.4) is 0 Å². The highest BCUT2D eigenvalue weighted by Crippen LogP contribution is 2.29. The lowest BCUT2D eigenvalue weighted by atomic mass is 9.96. The predicted octanol–water partition coefficient (Wildman–Crippen LogP) is 5.11. The molecule has 2 rings (SSSR count). The van der Waals surface area contributed by atoms with Crippen molar-refractivity contribution >= 4 is 23.2 Å². The molecule has 1 N–H and O–H groups in total. The maximum Gasteiger partial charge on any atom is 0.0624 e. The van der Waals surface area contributed by atoms with Crippen molar-refractivity contribution in [1.29, 1.82) is 0 Å². The van der Waals surface area contributed by atoms with Gasteiger partial charge in [-0.2, -0.15) is 0 Å². The molecule has 20 heavy (non-hydrogen) atoms. The average molecular weight is 308 g/mol. The first-order chi connectivity index (χ1) is 9.52. The first kappa shape index (κ1) is 15.4. The maximum absolute atomic E-state index is 6.28. The van der Waals surface area contributed by atoms with Gasteiger partial charge < -0.3 is 5.32 Å². The average Bonchev–Trinajstić information content (AvgIpc) is 2.44. The monoisotopic (exact) mass is 307 g/mol. The summed E-state index contributed by atoms with van der Waals surface area (Å²) >= 11 is 12.4. The van der Waals surface area contributed by atoms with Gasteiger partial charge in [0.1, 0.15) is 0 Å². The molecule has 0 fully saturated rings. The molecular weight excluding hydrogens is 289 g/mol. The summed E-state index contributed by atoms with van der Waals surface area (Å²) in [6.07, 6.45) is 0.818. The van der Waals surface area contributed by atoms with E-state index in [4.69, 9.17) is 23.2 Å². The summed E-state index contributed by atoms with van der Waals surface area (Å²) in [5, 5.41) is 4.62. The minimum Gasteiger partial charge on any atom is -0.313 e. The molecule has 3 heteroatoms. The highest BCUT2D eigenvalue weighted by atomic mass is 35.5. The third-order valence-corrected chi connectivity index (χ3v) is 4.60. The summed E-state index contributed by atoms with van der Waals surface area (Å²) in [5.74, 6) is 0. The lowest BCUT2D eigenvalue weighted by molar-refractivity contribution is 0.591. The molecule has 0 radical (unpaired) electrons. The number of rotatable bonds is 4. The molecule has 0 saturated heterocycles. The van der Waals surface area contributed by atoms with Gasteiger partial charge in [-0.15, -0.1) is 0 Å². The van der Waals surface area contributed by atoms with E-state index in [1.165, 1.54) is 16.7 Å². The third kappa shape index (κ3) is 3.35. The predicted molar refractivity (Wildman–Crippen MR) is 87.9 cm³/mol. The van der Waals surface area contributed by atoms with Gasteiger partial charge in [0.15, 0.2) is 0 Å². The lowest BCUT2D eigenvalue weighted by Gasteiger charge is -2.19. The Balaban J connectivity index is 2.28. The molecule has 2 aromatic carbocycles. The number of hydrogen-bond donors (Lipinski definition) is 1. The molecule has 0 aliphatic rings. The van der Waals surface area contributed by atoms with E-state index in [0.717, 1.165) is 12.0 Å². The molecule has 0 bridgehead atoms. The zero-order valence-corrected chi connectivity index (χ0v) is 13.5. The van der Waals surface area contributed by atoms with E-state index in [0.29, 0.717) is 10.0 Å². The van der Waals surface area contributed by atoms with Gasteiger partial charge in [0, 0.05) is 6.04 Å². The van der Waals surface area contributed by atoms with E-state index in [1.807, 2.05) is 25.2 Å². The van der Waals surface area contributed by atoms with Crippen molar-refractivity contribution in [3.8, 4) is 0 Å². The molecule has 0 amide bonds. The van der Waals surface area contributed by atoms with Crippen molar-refractivity contribution in [3.63, 3.8) is 0 Å². The van der Waals surface area contributed by atoms with Crippen molar-refractivity contribution in [2.45, 2.75) is 26.3 Å². The molecule has 106 valence electrons. The van der Waals surface area contributed by atoms with Crippen LogP contribution in [0.15, 0.2) is 36.4 Å². The largest absolute Gasteiger partial charge is 0.313 e. The molecule has 2 aromatic rings. The van der Waals surface area contributed by atoms with Crippen LogP contribution < -0.4 is 5.32 Å². The Kier molecular flexibility index (Phi) is 5.09. The number of halogens is 2. The number of aryl methyl sites for hydroxylation is 2. The van der Waals surface area contributed by atoms with Gasteiger partial charge >= 0.3 is 0 Å². The van der Waals surface area contributed by atoms with E-state index < -0.39 is 0 Å². The summed E-state index contributed by atoms with van der Waals surface area (Å²) < 4.78 is 0. The van der Waals surface area contributed by atoms with Gasteiger partial charge in [-0.1, -0.05) is 53.5 Å². The van der Waals surface area contributed by atoms with E-state index >= 15 is 0 Å². The lowest BCUT2D eigenvalue weighted by Crippen LogP contribution is -2.19. The molecule has 0 aromatic heterocycles. The van der Waals surface area contributed by atoms with Gasteiger partial charge in [-0.3, -0.25) is 0 Å². The van der Waals surface area contributed by atoms with Crippen LogP contribution in [0.25, 0.3) is 0 Å². The zero-order chi connectivity index (χ0) is 14.7. The SMILES string of the molecule is CNC(Cc1cccc(Cl)c1Cl)c1ccc(C)c(C)c1. The summed E-state index contributed by atoms with van der Waals surface area (Å²) in [5.41, 5.74) is 4.95. The first-order valence-electron chi connectivity index (χ1n) is 6.70. The Hall–Kier alpha value is -1.02. The Morgan fingerprint density at radius 2 is 1.80 bits per heavy atom. The van der Waals surface area contributed by atoms with Crippen LogP contribution >= 0.6 is 23.2 Å². The minimum absolute atomic E-state index is 0.227. The summed E-state index contributed by atoms with van der Waals surface area (Å²) in [7, 11) is 1.97. The second kappa shape index (κ2) is 6.62. The highest BCUT2D eigenvalue weighted by molar-refractivity contribution is 6.42. The number of hydrogen-bond acceptors (Lipinski definition) is 1. The normalized spacial score (nSPS) is 12.4. The van der Waals surface area contributed by atoms with Gasteiger partial charge in [-0.25, -0.2) is 0 Å². The zero-order valence-electron chi connectivity index (χ0n) is 12.0. The molecule has 0 heterocycles. The highest BCUT2D eigenvalue weighted by Gasteiger charge is 2.14. The van der Waals surface area contributed by atoms with Crippen molar-refractivity contribution in [2.75, 3.05) is 7.05 Å². The summed E-state index contributed by atoms with van der Waals surface area (Å²) in [6, 6.07) is 12.6. The number of nitrogens with one attached hydrogen (secondary N) is 1. The van der Waals surface area contributed by atoms with Crippen LogP contribution in [0, 0.1) is 13.8 Å². The molecule has 0 saturated carbocycles. The fourth-order valence-corrected chi connectivity index (χ4v) is 2.69. The minimum atomic E-state index is 0.227. The van der Waals surface area contributed by atoms with Gasteiger partial charge in [0.05, 0.1) is 10.0 Å². The van der Waals surface area contributed by atoms with Crippen LogP contribution in [0.4, 0.5) is 0 Å². The second-order valence-electron chi connectivity index (χ2n) is 5.10. The standard InChI is InChI=1S/C17H19Cl2N/c1-11-7-8-13(9-12(11)2)16(20-3)10-14-5-4-6-15(18)17(14)19/h4-9,16,20H,10H2,1-3H3. The molecule has 1 unspecified atom stereocenters. The fraction of sp³-hybridized carbons (Fsp3) is 0.294.